The van der Waals surface area contributed by atoms with Crippen LogP contribution in [0.2, 0.25) is 0 Å². The standard InChI is InChI=1S/C23H29N3O3/c24-23(28)19-6-4-14-26(17-19)16-18-10-12-20(13-11-18)25-22(27)9-5-15-29-21-7-2-1-3-8-21/h1-3,7-8,10-13,19H,4-6,9,14-17H2,(H2,24,28)(H,25,27). The number of rotatable bonds is 9. The highest BCUT2D eigenvalue weighted by atomic mass is 16.5. The van der Waals surface area contributed by atoms with Crippen molar-refractivity contribution in [2.24, 2.45) is 11.7 Å². The first kappa shape index (κ1) is 20.9. The lowest BCUT2D eigenvalue weighted by molar-refractivity contribution is -0.123. The molecule has 2 amide bonds. The van der Waals surface area contributed by atoms with Crippen LogP contribution in [0.1, 0.15) is 31.2 Å². The molecule has 29 heavy (non-hydrogen) atoms. The number of ether oxygens (including phenoxy) is 1. The summed E-state index contributed by atoms with van der Waals surface area (Å²) in [5.41, 5.74) is 7.39. The van der Waals surface area contributed by atoms with Crippen LogP contribution in [0, 0.1) is 5.92 Å². The zero-order valence-corrected chi connectivity index (χ0v) is 16.7. The molecule has 0 spiro atoms. The molecule has 154 valence electrons. The van der Waals surface area contributed by atoms with Crippen LogP contribution < -0.4 is 15.8 Å². The van der Waals surface area contributed by atoms with Crippen molar-refractivity contribution in [3.8, 4) is 5.75 Å². The summed E-state index contributed by atoms with van der Waals surface area (Å²) in [7, 11) is 0. The molecule has 1 fully saturated rings. The molecule has 1 unspecified atom stereocenters. The van der Waals surface area contributed by atoms with Crippen molar-refractivity contribution in [3.05, 3.63) is 60.2 Å². The number of anilines is 1. The van der Waals surface area contributed by atoms with Crippen molar-refractivity contribution in [1.29, 1.82) is 0 Å². The summed E-state index contributed by atoms with van der Waals surface area (Å²) < 4.78 is 5.60. The zero-order chi connectivity index (χ0) is 20.5. The number of hydrogen-bond donors (Lipinski definition) is 2. The van der Waals surface area contributed by atoms with Gasteiger partial charge in [0.1, 0.15) is 5.75 Å². The largest absolute Gasteiger partial charge is 0.494 e. The van der Waals surface area contributed by atoms with Gasteiger partial charge in [-0.25, -0.2) is 0 Å². The Hall–Kier alpha value is -2.86. The summed E-state index contributed by atoms with van der Waals surface area (Å²) in [4.78, 5) is 25.8. The van der Waals surface area contributed by atoms with Gasteiger partial charge in [-0.3, -0.25) is 14.5 Å². The van der Waals surface area contributed by atoms with Gasteiger partial charge in [0.2, 0.25) is 11.8 Å². The van der Waals surface area contributed by atoms with E-state index in [1.807, 2.05) is 54.6 Å². The van der Waals surface area contributed by atoms with Gasteiger partial charge in [0, 0.05) is 25.2 Å². The summed E-state index contributed by atoms with van der Waals surface area (Å²) in [5, 5.41) is 2.92. The van der Waals surface area contributed by atoms with Crippen LogP contribution in [0.15, 0.2) is 54.6 Å². The van der Waals surface area contributed by atoms with Crippen molar-refractivity contribution in [2.45, 2.75) is 32.2 Å². The third kappa shape index (κ3) is 6.91. The Morgan fingerprint density at radius 2 is 1.86 bits per heavy atom. The van der Waals surface area contributed by atoms with Crippen LogP contribution in [0.5, 0.6) is 5.75 Å². The highest BCUT2D eigenvalue weighted by molar-refractivity contribution is 5.90. The van der Waals surface area contributed by atoms with Gasteiger partial charge in [0.15, 0.2) is 0 Å². The minimum Gasteiger partial charge on any atom is -0.494 e. The van der Waals surface area contributed by atoms with E-state index in [-0.39, 0.29) is 17.7 Å². The fraction of sp³-hybridized carbons (Fsp3) is 0.391. The molecule has 1 saturated heterocycles. The molecule has 0 saturated carbocycles. The molecule has 0 aromatic heterocycles. The average molecular weight is 396 g/mol. The Balaban J connectivity index is 1.38. The van der Waals surface area contributed by atoms with Gasteiger partial charge < -0.3 is 15.8 Å². The van der Waals surface area contributed by atoms with Gasteiger partial charge in [-0.05, 0) is 55.6 Å². The Bertz CT molecular complexity index is 793. The van der Waals surface area contributed by atoms with E-state index in [1.54, 1.807) is 0 Å². The van der Waals surface area contributed by atoms with Crippen LogP contribution in [-0.4, -0.2) is 36.4 Å². The van der Waals surface area contributed by atoms with Gasteiger partial charge in [0.25, 0.3) is 0 Å². The lowest BCUT2D eigenvalue weighted by Crippen LogP contribution is -2.40. The molecule has 1 atom stereocenters. The summed E-state index contributed by atoms with van der Waals surface area (Å²) in [6.07, 6.45) is 2.95. The lowest BCUT2D eigenvalue weighted by atomic mass is 9.97. The number of carbonyl (C=O) groups is 2. The molecule has 0 aliphatic carbocycles. The predicted molar refractivity (Wildman–Crippen MR) is 113 cm³/mol. The monoisotopic (exact) mass is 395 g/mol. The number of para-hydroxylation sites is 1. The fourth-order valence-electron chi connectivity index (χ4n) is 3.55. The summed E-state index contributed by atoms with van der Waals surface area (Å²) in [6, 6.07) is 17.5. The van der Waals surface area contributed by atoms with E-state index in [2.05, 4.69) is 10.2 Å². The first-order valence-electron chi connectivity index (χ1n) is 10.2. The van der Waals surface area contributed by atoms with Crippen molar-refractivity contribution in [3.63, 3.8) is 0 Å². The van der Waals surface area contributed by atoms with Crippen molar-refractivity contribution in [2.75, 3.05) is 25.0 Å². The Morgan fingerprint density at radius 1 is 1.10 bits per heavy atom. The molecule has 1 aliphatic rings. The highest BCUT2D eigenvalue weighted by Crippen LogP contribution is 2.19. The maximum absolute atomic E-state index is 12.1. The maximum Gasteiger partial charge on any atom is 0.224 e. The third-order valence-electron chi connectivity index (χ3n) is 5.11. The summed E-state index contributed by atoms with van der Waals surface area (Å²) >= 11 is 0. The van der Waals surface area contributed by atoms with Gasteiger partial charge in [-0.2, -0.15) is 0 Å². The first-order chi connectivity index (χ1) is 14.1. The number of nitrogens with two attached hydrogens (primary N) is 1. The molecule has 1 heterocycles. The van der Waals surface area contributed by atoms with E-state index in [0.29, 0.717) is 19.4 Å². The van der Waals surface area contributed by atoms with E-state index in [4.69, 9.17) is 10.5 Å². The van der Waals surface area contributed by atoms with E-state index < -0.39 is 0 Å². The molecule has 3 N–H and O–H groups in total. The number of carbonyl (C=O) groups excluding carboxylic acids is 2. The second-order valence-electron chi connectivity index (χ2n) is 7.49. The van der Waals surface area contributed by atoms with Gasteiger partial charge in [-0.1, -0.05) is 30.3 Å². The zero-order valence-electron chi connectivity index (χ0n) is 16.7. The summed E-state index contributed by atoms with van der Waals surface area (Å²) in [6.45, 7) is 3.00. The third-order valence-corrected chi connectivity index (χ3v) is 5.11. The van der Waals surface area contributed by atoms with Crippen LogP contribution in [-0.2, 0) is 16.1 Å². The minimum absolute atomic E-state index is 0.0188. The molecule has 0 radical (unpaired) electrons. The molecule has 6 nitrogen and oxygen atoms in total. The molecule has 0 bridgehead atoms. The van der Waals surface area contributed by atoms with Crippen molar-refractivity contribution in [1.82, 2.24) is 4.90 Å². The maximum atomic E-state index is 12.1. The van der Waals surface area contributed by atoms with Crippen LogP contribution in [0.4, 0.5) is 5.69 Å². The molecular weight excluding hydrogens is 366 g/mol. The van der Waals surface area contributed by atoms with E-state index in [9.17, 15) is 9.59 Å². The number of nitrogens with zero attached hydrogens (tertiary/aromatic N) is 1. The van der Waals surface area contributed by atoms with E-state index >= 15 is 0 Å². The molecule has 1 aliphatic heterocycles. The van der Waals surface area contributed by atoms with Gasteiger partial charge >= 0.3 is 0 Å². The molecule has 2 aromatic carbocycles. The molecule has 6 heteroatoms. The quantitative estimate of drug-likeness (QED) is 0.639. The van der Waals surface area contributed by atoms with Crippen LogP contribution >= 0.6 is 0 Å². The van der Waals surface area contributed by atoms with E-state index in [0.717, 1.165) is 49.5 Å². The average Bonchev–Trinajstić information content (AvgIpc) is 2.74. The Morgan fingerprint density at radius 3 is 2.59 bits per heavy atom. The van der Waals surface area contributed by atoms with Crippen LogP contribution in [0.3, 0.4) is 0 Å². The number of piperidine rings is 1. The second-order valence-corrected chi connectivity index (χ2v) is 7.49. The highest BCUT2D eigenvalue weighted by Gasteiger charge is 2.23. The number of likely N-dealkylation sites (tertiary alicyclic amines) is 1. The first-order valence-corrected chi connectivity index (χ1v) is 10.2. The van der Waals surface area contributed by atoms with Gasteiger partial charge in [-0.15, -0.1) is 0 Å². The number of amides is 2. The normalized spacial score (nSPS) is 16.9. The smallest absolute Gasteiger partial charge is 0.224 e. The Labute approximate surface area is 172 Å². The summed E-state index contributed by atoms with van der Waals surface area (Å²) in [5.74, 6) is 0.546. The molecule has 2 aromatic rings. The number of benzene rings is 2. The lowest BCUT2D eigenvalue weighted by Gasteiger charge is -2.31. The van der Waals surface area contributed by atoms with Crippen molar-refractivity contribution >= 4 is 17.5 Å². The van der Waals surface area contributed by atoms with Crippen LogP contribution in [0.25, 0.3) is 0 Å². The SMILES string of the molecule is NC(=O)C1CCCN(Cc2ccc(NC(=O)CCCOc3ccccc3)cc2)C1. The second kappa shape index (κ2) is 10.6. The minimum atomic E-state index is -0.207. The predicted octanol–water partition coefficient (Wildman–Crippen LogP) is 3.18. The molecule has 3 rings (SSSR count). The molecular formula is C23H29N3O3. The van der Waals surface area contributed by atoms with E-state index in [1.165, 1.54) is 0 Å². The van der Waals surface area contributed by atoms with Gasteiger partial charge in [0.05, 0.1) is 12.5 Å². The number of nitrogens with one attached hydrogen (secondary N) is 1. The Kier molecular flexibility index (Phi) is 7.64. The number of hydrogen-bond acceptors (Lipinski definition) is 4. The topological polar surface area (TPSA) is 84.7 Å². The fourth-order valence-corrected chi connectivity index (χ4v) is 3.55. The van der Waals surface area contributed by atoms with Crippen molar-refractivity contribution < 1.29 is 14.3 Å². The number of primary amides is 1.